The molecule has 0 aromatic rings. The van der Waals surface area contributed by atoms with E-state index in [1.165, 1.54) is 0 Å². The molecular formula is C9H16BrNO2. The molecular weight excluding hydrogens is 234 g/mol. The van der Waals surface area contributed by atoms with Gasteiger partial charge in [-0.1, -0.05) is 22.0 Å². The second-order valence-electron chi connectivity index (χ2n) is 2.68. The average Bonchev–Trinajstić information content (AvgIpc) is 2.11. The molecule has 3 nitrogen and oxygen atoms in total. The van der Waals surface area contributed by atoms with Crippen molar-refractivity contribution in [1.82, 2.24) is 4.90 Å². The Balaban J connectivity index is 4.06. The van der Waals surface area contributed by atoms with Crippen molar-refractivity contribution in [3.63, 3.8) is 0 Å². The Bertz CT molecular complexity index is 171. The normalized spacial score (nSPS) is 12.2. The van der Waals surface area contributed by atoms with Gasteiger partial charge in [-0.05, 0) is 6.92 Å². The van der Waals surface area contributed by atoms with Gasteiger partial charge in [-0.3, -0.25) is 4.79 Å². The van der Waals surface area contributed by atoms with Crippen LogP contribution in [0.2, 0.25) is 0 Å². The second kappa shape index (κ2) is 7.09. The second-order valence-corrected chi connectivity index (χ2v) is 4.06. The number of rotatable bonds is 6. The molecule has 0 saturated heterocycles. The maximum Gasteiger partial charge on any atom is 0.236 e. The van der Waals surface area contributed by atoms with Crippen LogP contribution < -0.4 is 0 Å². The highest BCUT2D eigenvalue weighted by atomic mass is 79.9. The summed E-state index contributed by atoms with van der Waals surface area (Å²) < 4.78 is 4.91. The van der Waals surface area contributed by atoms with Gasteiger partial charge in [-0.2, -0.15) is 0 Å². The lowest BCUT2D eigenvalue weighted by Gasteiger charge is -2.21. The first kappa shape index (κ1) is 12.7. The fourth-order valence-corrected chi connectivity index (χ4v) is 1.19. The van der Waals surface area contributed by atoms with Gasteiger partial charge < -0.3 is 9.64 Å². The summed E-state index contributed by atoms with van der Waals surface area (Å²) in [6.45, 7) is 7.14. The molecule has 1 amide bonds. The zero-order chi connectivity index (χ0) is 10.3. The molecule has 0 aliphatic rings. The minimum absolute atomic E-state index is 0.0666. The highest BCUT2D eigenvalue weighted by Crippen LogP contribution is 2.03. The zero-order valence-corrected chi connectivity index (χ0v) is 9.71. The SMILES string of the molecule is C=CCN(CCOC)C(=O)C(C)Br. The molecule has 0 aromatic heterocycles. The molecule has 0 aliphatic heterocycles. The summed E-state index contributed by atoms with van der Waals surface area (Å²) in [4.78, 5) is 13.1. The van der Waals surface area contributed by atoms with Crippen LogP contribution in [0.1, 0.15) is 6.92 Å². The highest BCUT2D eigenvalue weighted by molar-refractivity contribution is 9.10. The van der Waals surface area contributed by atoms with Gasteiger partial charge in [0, 0.05) is 20.2 Å². The fraction of sp³-hybridized carbons (Fsp3) is 0.667. The van der Waals surface area contributed by atoms with E-state index in [4.69, 9.17) is 4.74 Å². The standard InChI is InChI=1S/C9H16BrNO2/c1-4-5-11(6-7-13-3)9(12)8(2)10/h4,8H,1,5-7H2,2-3H3. The Morgan fingerprint density at radius 2 is 2.38 bits per heavy atom. The summed E-state index contributed by atoms with van der Waals surface area (Å²) in [6, 6.07) is 0. The van der Waals surface area contributed by atoms with Gasteiger partial charge in [0.1, 0.15) is 0 Å². The first-order valence-corrected chi connectivity index (χ1v) is 5.07. The fourth-order valence-electron chi connectivity index (χ4n) is 0.900. The summed E-state index contributed by atoms with van der Waals surface area (Å²) in [5.41, 5.74) is 0. The molecule has 1 unspecified atom stereocenters. The largest absolute Gasteiger partial charge is 0.383 e. The number of carbonyl (C=O) groups excluding carboxylic acids is 1. The topological polar surface area (TPSA) is 29.5 Å². The number of alkyl halides is 1. The van der Waals surface area contributed by atoms with Crippen molar-refractivity contribution in [2.24, 2.45) is 0 Å². The van der Waals surface area contributed by atoms with Crippen LogP contribution >= 0.6 is 15.9 Å². The van der Waals surface area contributed by atoms with Crippen molar-refractivity contribution < 1.29 is 9.53 Å². The van der Waals surface area contributed by atoms with E-state index in [0.717, 1.165) is 0 Å². The molecule has 13 heavy (non-hydrogen) atoms. The van der Waals surface area contributed by atoms with Crippen LogP contribution in [-0.2, 0) is 9.53 Å². The Hall–Kier alpha value is -0.350. The van der Waals surface area contributed by atoms with Crippen molar-refractivity contribution in [3.05, 3.63) is 12.7 Å². The van der Waals surface area contributed by atoms with E-state index in [1.807, 2.05) is 6.92 Å². The summed E-state index contributed by atoms with van der Waals surface area (Å²) in [5.74, 6) is 0.0666. The molecule has 1 atom stereocenters. The van der Waals surface area contributed by atoms with E-state index in [-0.39, 0.29) is 10.7 Å². The van der Waals surface area contributed by atoms with Crippen molar-refractivity contribution >= 4 is 21.8 Å². The molecule has 0 spiro atoms. The molecule has 0 radical (unpaired) electrons. The lowest BCUT2D eigenvalue weighted by molar-refractivity contribution is -0.130. The van der Waals surface area contributed by atoms with E-state index >= 15 is 0 Å². The van der Waals surface area contributed by atoms with E-state index in [1.54, 1.807) is 18.1 Å². The van der Waals surface area contributed by atoms with Crippen molar-refractivity contribution in [1.29, 1.82) is 0 Å². The minimum Gasteiger partial charge on any atom is -0.383 e. The Morgan fingerprint density at radius 1 is 1.77 bits per heavy atom. The molecule has 0 bridgehead atoms. The van der Waals surface area contributed by atoms with E-state index < -0.39 is 0 Å². The van der Waals surface area contributed by atoms with Crippen molar-refractivity contribution in [3.8, 4) is 0 Å². The van der Waals surface area contributed by atoms with Crippen LogP contribution in [0.15, 0.2) is 12.7 Å². The first-order chi connectivity index (χ1) is 6.13. The molecule has 76 valence electrons. The maximum atomic E-state index is 11.5. The van der Waals surface area contributed by atoms with E-state index in [2.05, 4.69) is 22.5 Å². The first-order valence-electron chi connectivity index (χ1n) is 4.16. The van der Waals surface area contributed by atoms with Gasteiger partial charge in [0.05, 0.1) is 11.4 Å². The third-order valence-electron chi connectivity index (χ3n) is 1.57. The Labute approximate surface area is 87.9 Å². The average molecular weight is 250 g/mol. The van der Waals surface area contributed by atoms with Gasteiger partial charge in [-0.15, -0.1) is 6.58 Å². The molecule has 4 heteroatoms. The van der Waals surface area contributed by atoms with Gasteiger partial charge in [-0.25, -0.2) is 0 Å². The van der Waals surface area contributed by atoms with Crippen LogP contribution in [0.25, 0.3) is 0 Å². The molecule has 0 aliphatic carbocycles. The van der Waals surface area contributed by atoms with E-state index in [0.29, 0.717) is 19.7 Å². The number of hydrogen-bond donors (Lipinski definition) is 0. The maximum absolute atomic E-state index is 11.5. The third kappa shape index (κ3) is 5.05. The van der Waals surface area contributed by atoms with Gasteiger partial charge in [0.15, 0.2) is 0 Å². The van der Waals surface area contributed by atoms with Crippen molar-refractivity contribution in [2.45, 2.75) is 11.8 Å². The summed E-state index contributed by atoms with van der Waals surface area (Å²) in [5, 5.41) is 0. The molecule has 0 rings (SSSR count). The molecule has 0 saturated carbocycles. The number of halogens is 1. The third-order valence-corrected chi connectivity index (χ3v) is 1.96. The van der Waals surface area contributed by atoms with Crippen LogP contribution in [0.4, 0.5) is 0 Å². The quantitative estimate of drug-likeness (QED) is 0.527. The number of carbonyl (C=O) groups is 1. The predicted molar refractivity (Wildman–Crippen MR) is 57.0 cm³/mol. The van der Waals surface area contributed by atoms with Crippen LogP contribution in [0, 0.1) is 0 Å². The molecule has 0 aromatic carbocycles. The molecule has 0 fully saturated rings. The Morgan fingerprint density at radius 3 is 2.77 bits per heavy atom. The minimum atomic E-state index is -0.149. The van der Waals surface area contributed by atoms with E-state index in [9.17, 15) is 4.79 Å². The molecule has 0 heterocycles. The number of amides is 1. The van der Waals surface area contributed by atoms with Gasteiger partial charge in [0.2, 0.25) is 5.91 Å². The summed E-state index contributed by atoms with van der Waals surface area (Å²) >= 11 is 3.24. The van der Waals surface area contributed by atoms with Crippen molar-refractivity contribution in [2.75, 3.05) is 26.8 Å². The van der Waals surface area contributed by atoms with Crippen LogP contribution in [-0.4, -0.2) is 42.4 Å². The smallest absolute Gasteiger partial charge is 0.236 e. The number of hydrogen-bond acceptors (Lipinski definition) is 2. The molecule has 0 N–H and O–H groups in total. The predicted octanol–water partition coefficient (Wildman–Crippen LogP) is 1.43. The van der Waals surface area contributed by atoms with Crippen LogP contribution in [0.3, 0.4) is 0 Å². The lowest BCUT2D eigenvalue weighted by Crippen LogP contribution is -2.37. The Kier molecular flexibility index (Phi) is 6.90. The van der Waals surface area contributed by atoms with Crippen LogP contribution in [0.5, 0.6) is 0 Å². The highest BCUT2D eigenvalue weighted by Gasteiger charge is 2.16. The van der Waals surface area contributed by atoms with Gasteiger partial charge in [0.25, 0.3) is 0 Å². The number of nitrogens with zero attached hydrogens (tertiary/aromatic N) is 1. The van der Waals surface area contributed by atoms with Gasteiger partial charge >= 0.3 is 0 Å². The summed E-state index contributed by atoms with van der Waals surface area (Å²) in [7, 11) is 1.62. The summed E-state index contributed by atoms with van der Waals surface area (Å²) in [6.07, 6.45) is 1.71. The number of methoxy groups -OCH3 is 1. The zero-order valence-electron chi connectivity index (χ0n) is 8.12. The monoisotopic (exact) mass is 249 g/mol. The number of ether oxygens (including phenoxy) is 1. The lowest BCUT2D eigenvalue weighted by atomic mass is 10.3.